The average Bonchev–Trinajstić information content (AvgIpc) is 2.46. The van der Waals surface area contributed by atoms with Crippen LogP contribution in [0, 0.1) is 0 Å². The highest BCUT2D eigenvalue weighted by Gasteiger charge is 2.63. The number of aliphatic hydroxyl groups is 4. The third-order valence-corrected chi connectivity index (χ3v) is 13.1. The van der Waals surface area contributed by atoms with Gasteiger partial charge >= 0.3 is 0 Å². The lowest BCUT2D eigenvalue weighted by atomic mass is 10.4. The van der Waals surface area contributed by atoms with Gasteiger partial charge in [-0.15, -0.1) is 0 Å². The summed E-state index contributed by atoms with van der Waals surface area (Å²) in [6.45, 7) is 6.66. The summed E-state index contributed by atoms with van der Waals surface area (Å²) in [4.78, 5) is 0. The Labute approximate surface area is 120 Å². The van der Waals surface area contributed by atoms with E-state index in [9.17, 15) is 29.6 Å². The molecule has 6 atom stereocenters. The largest absolute Gasteiger partial charge is 0.382 e. The van der Waals surface area contributed by atoms with Crippen molar-refractivity contribution < 1.29 is 29.6 Å². The first-order valence-electron chi connectivity index (χ1n) is 7.00. The number of hydrogen-bond donors (Lipinski definition) is 4. The molecule has 1 heterocycles. The molecule has 1 aliphatic rings. The molecule has 120 valence electrons. The van der Waals surface area contributed by atoms with Crippen LogP contribution in [-0.2, 0) is 9.13 Å². The molecule has 0 amide bonds. The van der Waals surface area contributed by atoms with E-state index in [0.29, 0.717) is 12.8 Å². The van der Waals surface area contributed by atoms with Crippen molar-refractivity contribution in [2.75, 3.05) is 0 Å². The first kappa shape index (κ1) is 18.3. The second-order valence-corrected chi connectivity index (χ2v) is 12.6. The molecule has 4 N–H and O–H groups in total. The maximum Gasteiger partial charge on any atom is 0.150 e. The minimum absolute atomic E-state index is 0.415. The lowest BCUT2D eigenvalue weighted by Gasteiger charge is -2.47. The van der Waals surface area contributed by atoms with Gasteiger partial charge in [0.25, 0.3) is 0 Å². The van der Waals surface area contributed by atoms with E-state index in [-0.39, 0.29) is 0 Å². The van der Waals surface area contributed by atoms with Crippen LogP contribution in [0.3, 0.4) is 0 Å². The summed E-state index contributed by atoms with van der Waals surface area (Å²) >= 11 is 0. The molecule has 0 aromatic rings. The predicted molar refractivity (Wildman–Crippen MR) is 78.7 cm³/mol. The van der Waals surface area contributed by atoms with E-state index in [1.807, 2.05) is 0 Å². The Kier molecular flexibility index (Phi) is 5.68. The van der Waals surface area contributed by atoms with Gasteiger partial charge in [-0.2, -0.15) is 0 Å². The molecule has 0 aromatic heterocycles. The summed E-state index contributed by atoms with van der Waals surface area (Å²) in [7, 11) is -7.38. The van der Waals surface area contributed by atoms with Crippen molar-refractivity contribution in [3.63, 3.8) is 0 Å². The molecule has 20 heavy (non-hydrogen) atoms. The highest BCUT2D eigenvalue weighted by molar-refractivity contribution is 7.73. The van der Waals surface area contributed by atoms with Crippen LogP contribution < -0.4 is 0 Å². The lowest BCUT2D eigenvalue weighted by Crippen LogP contribution is -2.48. The summed E-state index contributed by atoms with van der Waals surface area (Å²) in [5.74, 6) is -7.02. The summed E-state index contributed by atoms with van der Waals surface area (Å²) in [5, 5.41) is 40.8. The zero-order chi connectivity index (χ0) is 15.9. The van der Waals surface area contributed by atoms with E-state index in [1.165, 1.54) is 0 Å². The van der Waals surface area contributed by atoms with Gasteiger partial charge in [-0.05, 0) is 12.8 Å². The minimum atomic E-state index is -3.69. The lowest BCUT2D eigenvalue weighted by molar-refractivity contribution is 0.0599. The highest BCUT2D eigenvalue weighted by atomic mass is 31.2. The zero-order valence-electron chi connectivity index (χ0n) is 12.4. The Morgan fingerprint density at radius 1 is 0.750 bits per heavy atom. The fourth-order valence-corrected chi connectivity index (χ4v) is 10.8. The van der Waals surface area contributed by atoms with E-state index in [1.54, 1.807) is 27.7 Å². The van der Waals surface area contributed by atoms with E-state index in [4.69, 9.17) is 0 Å². The van der Waals surface area contributed by atoms with Crippen LogP contribution in [-0.4, -0.2) is 55.1 Å². The molecule has 0 spiro atoms. The van der Waals surface area contributed by atoms with Gasteiger partial charge in [0.05, 0.1) is 0 Å². The molecule has 8 heteroatoms. The first-order chi connectivity index (χ1) is 9.09. The van der Waals surface area contributed by atoms with Crippen molar-refractivity contribution in [1.82, 2.24) is 0 Å². The number of hydrogen-bond acceptors (Lipinski definition) is 6. The molecule has 0 bridgehead atoms. The smallest absolute Gasteiger partial charge is 0.150 e. The normalized spacial score (nSPS) is 48.8. The molecular weight excluding hydrogens is 302 g/mol. The van der Waals surface area contributed by atoms with Gasteiger partial charge in [0, 0.05) is 11.3 Å². The van der Waals surface area contributed by atoms with Crippen LogP contribution >= 0.6 is 14.3 Å². The Balaban J connectivity index is 3.36. The van der Waals surface area contributed by atoms with Gasteiger partial charge in [0.1, 0.15) is 23.4 Å². The van der Waals surface area contributed by atoms with Crippen LogP contribution in [0.1, 0.15) is 40.5 Å². The molecule has 0 saturated carbocycles. The van der Waals surface area contributed by atoms with Crippen LogP contribution in [0.2, 0.25) is 0 Å². The number of rotatable bonds is 4. The molecule has 0 aliphatic carbocycles. The van der Waals surface area contributed by atoms with E-state index >= 15 is 0 Å². The maximum atomic E-state index is 12.9. The van der Waals surface area contributed by atoms with Crippen LogP contribution in [0.5, 0.6) is 0 Å². The molecule has 0 aromatic carbocycles. The molecular formula is C12H26O6P2. The van der Waals surface area contributed by atoms with Gasteiger partial charge in [-0.25, -0.2) is 0 Å². The van der Waals surface area contributed by atoms with E-state index < -0.39 is 49.0 Å². The highest BCUT2D eigenvalue weighted by Crippen LogP contribution is 2.75. The fourth-order valence-electron chi connectivity index (χ4n) is 2.76. The predicted octanol–water partition coefficient (Wildman–Crippen LogP) is 1.60. The van der Waals surface area contributed by atoms with Crippen molar-refractivity contribution in [2.45, 2.75) is 75.2 Å². The van der Waals surface area contributed by atoms with Gasteiger partial charge in [0.2, 0.25) is 0 Å². The Morgan fingerprint density at radius 3 is 1.10 bits per heavy atom. The van der Waals surface area contributed by atoms with Crippen LogP contribution in [0.25, 0.3) is 0 Å². The summed E-state index contributed by atoms with van der Waals surface area (Å²) < 4.78 is 25.8. The molecule has 6 nitrogen and oxygen atoms in total. The van der Waals surface area contributed by atoms with Gasteiger partial charge < -0.3 is 29.6 Å². The Bertz CT molecular complexity index is 376. The summed E-state index contributed by atoms with van der Waals surface area (Å²) in [5.41, 5.74) is -1.13. The monoisotopic (exact) mass is 328 g/mol. The van der Waals surface area contributed by atoms with Gasteiger partial charge in [0.15, 0.2) is 14.3 Å². The van der Waals surface area contributed by atoms with Crippen molar-refractivity contribution in [1.29, 1.82) is 0 Å². The topological polar surface area (TPSA) is 115 Å². The summed E-state index contributed by atoms with van der Waals surface area (Å²) in [6.07, 6.45) is 0.830. The molecule has 0 radical (unpaired) electrons. The molecule has 1 aliphatic heterocycles. The minimum Gasteiger partial charge on any atom is -0.382 e. The van der Waals surface area contributed by atoms with Crippen LogP contribution in [0.15, 0.2) is 0 Å². The number of aliphatic hydroxyl groups excluding tert-OH is 4. The summed E-state index contributed by atoms with van der Waals surface area (Å²) in [6, 6.07) is 0. The fraction of sp³-hybridized carbons (Fsp3) is 1.00. The quantitative estimate of drug-likeness (QED) is 0.583. The van der Waals surface area contributed by atoms with E-state index in [2.05, 4.69) is 0 Å². The Hall–Kier alpha value is 0.300. The second-order valence-electron chi connectivity index (χ2n) is 5.70. The second kappa shape index (κ2) is 6.20. The average molecular weight is 328 g/mol. The van der Waals surface area contributed by atoms with Crippen molar-refractivity contribution in [2.24, 2.45) is 0 Å². The Morgan fingerprint density at radius 2 is 0.950 bits per heavy atom. The van der Waals surface area contributed by atoms with Crippen molar-refractivity contribution in [3.8, 4) is 0 Å². The van der Waals surface area contributed by atoms with Crippen LogP contribution in [0.4, 0.5) is 0 Å². The SMILES string of the molecule is CCC(C)P1(=O)C(O)C(O)P(=O)(C(C)CC)C(O)C1O. The molecule has 6 unspecified atom stereocenters. The molecule has 1 rings (SSSR count). The van der Waals surface area contributed by atoms with E-state index in [0.717, 1.165) is 0 Å². The maximum absolute atomic E-state index is 12.9. The third kappa shape index (κ3) is 2.35. The standard InChI is InChI=1S/C12H26O6P2/c1-5-7(3)19(17)9(13)11(15)20(18,8(4)6-2)12(16)10(19)14/h7-16H,5-6H2,1-4H3. The third-order valence-electron chi connectivity index (χ3n) is 4.75. The van der Waals surface area contributed by atoms with Crippen molar-refractivity contribution >= 4 is 14.3 Å². The molecule has 1 saturated heterocycles. The first-order valence-corrected chi connectivity index (χ1v) is 10.8. The van der Waals surface area contributed by atoms with Gasteiger partial charge in [-0.3, -0.25) is 0 Å². The van der Waals surface area contributed by atoms with Gasteiger partial charge in [-0.1, -0.05) is 27.7 Å². The van der Waals surface area contributed by atoms with Crippen molar-refractivity contribution in [3.05, 3.63) is 0 Å². The molecule has 1 fully saturated rings. The zero-order valence-corrected chi connectivity index (χ0v) is 14.2.